The van der Waals surface area contributed by atoms with Crippen molar-refractivity contribution in [3.05, 3.63) is 0 Å². The zero-order valence-corrected chi connectivity index (χ0v) is 9.73. The summed E-state index contributed by atoms with van der Waals surface area (Å²) in [5.41, 5.74) is -0.244. The monoisotopic (exact) mass is 216 g/mol. The molecule has 0 aromatic carbocycles. The molecule has 2 aliphatic carbocycles. The molecule has 2 saturated carbocycles. The molecule has 0 amide bonds. The van der Waals surface area contributed by atoms with E-state index in [1.165, 1.54) is 6.42 Å². The Balaban J connectivity index is 2.23. The van der Waals surface area contributed by atoms with E-state index in [2.05, 4.69) is 20.8 Å². The summed E-state index contributed by atoms with van der Waals surface area (Å²) in [6.07, 6.45) is 3.43. The van der Waals surface area contributed by atoms with Crippen molar-refractivity contribution in [2.75, 3.05) is 0 Å². The molecule has 0 N–H and O–H groups in total. The number of halogens is 1. The zero-order valence-electron chi connectivity index (χ0n) is 8.97. The van der Waals surface area contributed by atoms with E-state index in [0.29, 0.717) is 5.92 Å². The van der Waals surface area contributed by atoms with Gasteiger partial charge in [0, 0.05) is 17.0 Å². The van der Waals surface area contributed by atoms with Crippen LogP contribution in [0.4, 0.5) is 4.79 Å². The van der Waals surface area contributed by atoms with Gasteiger partial charge in [0.05, 0.1) is 0 Å². The van der Waals surface area contributed by atoms with Gasteiger partial charge in [-0.2, -0.15) is 0 Å². The van der Waals surface area contributed by atoms with E-state index in [9.17, 15) is 4.79 Å². The lowest BCUT2D eigenvalue weighted by molar-refractivity contribution is 0.00612. The summed E-state index contributed by atoms with van der Waals surface area (Å²) in [4.78, 5) is 10.8. The Morgan fingerprint density at radius 2 is 2.07 bits per heavy atom. The van der Waals surface area contributed by atoms with Crippen LogP contribution in [0.3, 0.4) is 0 Å². The lowest BCUT2D eigenvalue weighted by Gasteiger charge is -2.38. The largest absolute Gasteiger partial charge is 0.450 e. The second kappa shape index (κ2) is 2.88. The van der Waals surface area contributed by atoms with E-state index in [-0.39, 0.29) is 16.9 Å². The maximum Gasteiger partial charge on any atom is 0.404 e. The lowest BCUT2D eigenvalue weighted by Crippen LogP contribution is -2.37. The average molecular weight is 217 g/mol. The summed E-state index contributed by atoms with van der Waals surface area (Å²) in [7, 11) is 0. The van der Waals surface area contributed by atoms with Crippen molar-refractivity contribution >= 4 is 17.0 Å². The van der Waals surface area contributed by atoms with Gasteiger partial charge in [0.1, 0.15) is 6.10 Å². The van der Waals surface area contributed by atoms with Gasteiger partial charge in [-0.25, -0.2) is 4.79 Å². The van der Waals surface area contributed by atoms with Gasteiger partial charge in [0.2, 0.25) is 0 Å². The molecule has 2 rings (SSSR count). The van der Waals surface area contributed by atoms with Crippen LogP contribution in [0.25, 0.3) is 0 Å². The van der Waals surface area contributed by atoms with Gasteiger partial charge in [0.15, 0.2) is 0 Å². The fraction of sp³-hybridized carbons (Fsp3) is 0.909. The van der Waals surface area contributed by atoms with E-state index >= 15 is 0 Å². The third-order valence-corrected chi connectivity index (χ3v) is 5.04. The fourth-order valence-corrected chi connectivity index (χ4v) is 3.53. The first-order chi connectivity index (χ1) is 6.38. The van der Waals surface area contributed by atoms with Crippen LogP contribution in [0.1, 0.15) is 40.0 Å². The van der Waals surface area contributed by atoms with Gasteiger partial charge in [0.25, 0.3) is 0 Å². The van der Waals surface area contributed by atoms with Gasteiger partial charge < -0.3 is 4.74 Å². The molecule has 2 fully saturated rings. The quantitative estimate of drug-likeness (QED) is 0.627. The van der Waals surface area contributed by atoms with Crippen LogP contribution in [-0.4, -0.2) is 11.5 Å². The molecule has 0 aromatic rings. The maximum atomic E-state index is 10.8. The molecule has 3 heteroatoms. The zero-order chi connectivity index (χ0) is 10.6. The molecule has 14 heavy (non-hydrogen) atoms. The molecule has 0 saturated heterocycles. The van der Waals surface area contributed by atoms with Crippen molar-refractivity contribution < 1.29 is 9.53 Å². The van der Waals surface area contributed by atoms with Crippen molar-refractivity contribution in [3.8, 4) is 0 Å². The van der Waals surface area contributed by atoms with Crippen LogP contribution in [0.15, 0.2) is 0 Å². The van der Waals surface area contributed by atoms with E-state index in [4.69, 9.17) is 16.3 Å². The molecule has 0 heterocycles. The molecule has 3 atom stereocenters. The van der Waals surface area contributed by atoms with Gasteiger partial charge in [-0.15, -0.1) is 0 Å². The lowest BCUT2D eigenvalue weighted by atomic mass is 9.70. The molecule has 0 radical (unpaired) electrons. The first-order valence-corrected chi connectivity index (χ1v) is 5.62. The molecular weight excluding hydrogens is 200 g/mol. The van der Waals surface area contributed by atoms with Gasteiger partial charge in [-0.3, -0.25) is 0 Å². The average Bonchev–Trinajstić information content (AvgIpc) is 2.35. The van der Waals surface area contributed by atoms with Crippen LogP contribution >= 0.6 is 11.6 Å². The second-order valence-electron chi connectivity index (χ2n) is 5.45. The smallest absolute Gasteiger partial charge is 0.404 e. The topological polar surface area (TPSA) is 26.3 Å². The van der Waals surface area contributed by atoms with Crippen molar-refractivity contribution in [2.24, 2.45) is 16.7 Å². The summed E-state index contributed by atoms with van der Waals surface area (Å²) < 4.78 is 5.21. The first-order valence-electron chi connectivity index (χ1n) is 5.24. The first kappa shape index (κ1) is 10.3. The SMILES string of the molecule is CC1(C)C2CCC1(C)C(OC(=O)Cl)C2. The summed E-state index contributed by atoms with van der Waals surface area (Å²) >= 11 is 5.29. The van der Waals surface area contributed by atoms with Crippen LogP contribution in [-0.2, 0) is 4.74 Å². The van der Waals surface area contributed by atoms with E-state index in [1.54, 1.807) is 0 Å². The highest BCUT2D eigenvalue weighted by atomic mass is 35.5. The molecule has 80 valence electrons. The van der Waals surface area contributed by atoms with Gasteiger partial charge >= 0.3 is 5.43 Å². The molecule has 0 aliphatic heterocycles. The minimum atomic E-state index is -0.653. The number of carbonyl (C=O) groups excluding carboxylic acids is 1. The summed E-state index contributed by atoms with van der Waals surface area (Å²) in [5, 5.41) is 0. The summed E-state index contributed by atoms with van der Waals surface area (Å²) in [5.74, 6) is 0.688. The minimum Gasteiger partial charge on any atom is -0.450 e. The molecular formula is C11H17ClO2. The number of hydrogen-bond acceptors (Lipinski definition) is 2. The second-order valence-corrected chi connectivity index (χ2v) is 5.76. The van der Waals surface area contributed by atoms with Crippen molar-refractivity contribution in [1.29, 1.82) is 0 Å². The minimum absolute atomic E-state index is 0.0289. The van der Waals surface area contributed by atoms with E-state index in [1.807, 2.05) is 0 Å². The molecule has 2 aliphatic rings. The highest BCUT2D eigenvalue weighted by Gasteiger charge is 2.62. The predicted octanol–water partition coefficient (Wildman–Crippen LogP) is 3.58. The molecule has 2 nitrogen and oxygen atoms in total. The van der Waals surface area contributed by atoms with Crippen molar-refractivity contribution in [1.82, 2.24) is 0 Å². The predicted molar refractivity (Wildman–Crippen MR) is 55.4 cm³/mol. The van der Waals surface area contributed by atoms with Crippen LogP contribution in [0, 0.1) is 16.7 Å². The number of carbonyl (C=O) groups is 1. The number of rotatable bonds is 1. The van der Waals surface area contributed by atoms with Crippen molar-refractivity contribution in [3.63, 3.8) is 0 Å². The van der Waals surface area contributed by atoms with Crippen LogP contribution < -0.4 is 0 Å². The number of hydrogen-bond donors (Lipinski definition) is 0. The standard InChI is InChI=1S/C11H17ClO2/c1-10(2)7-4-5-11(10,3)8(6-7)14-9(12)13/h7-8H,4-6H2,1-3H3. The van der Waals surface area contributed by atoms with Gasteiger partial charge in [-0.1, -0.05) is 20.8 Å². The Morgan fingerprint density at radius 3 is 2.43 bits per heavy atom. The Morgan fingerprint density at radius 1 is 1.43 bits per heavy atom. The Bertz CT molecular complexity index is 274. The molecule has 0 aromatic heterocycles. The molecule has 3 unspecified atom stereocenters. The summed E-state index contributed by atoms with van der Waals surface area (Å²) in [6, 6.07) is 0. The third kappa shape index (κ3) is 1.13. The van der Waals surface area contributed by atoms with Crippen molar-refractivity contribution in [2.45, 2.75) is 46.1 Å². The molecule has 0 spiro atoms. The number of fused-ring (bicyclic) bond motifs is 2. The maximum absolute atomic E-state index is 10.8. The van der Waals surface area contributed by atoms with Gasteiger partial charge in [-0.05, 0) is 30.6 Å². The van der Waals surface area contributed by atoms with Crippen LogP contribution in [0.5, 0.6) is 0 Å². The Hall–Kier alpha value is -0.240. The highest BCUT2D eigenvalue weighted by molar-refractivity contribution is 6.61. The van der Waals surface area contributed by atoms with Crippen LogP contribution in [0.2, 0.25) is 0 Å². The van der Waals surface area contributed by atoms with E-state index < -0.39 is 5.43 Å². The highest BCUT2D eigenvalue weighted by Crippen LogP contribution is 2.66. The molecule has 2 bridgehead atoms. The Kier molecular flexibility index (Phi) is 2.11. The van der Waals surface area contributed by atoms with E-state index in [0.717, 1.165) is 12.8 Å². The third-order valence-electron chi connectivity index (χ3n) is 4.95. The Labute approximate surface area is 90.0 Å². The number of ether oxygens (including phenoxy) is 1. The summed E-state index contributed by atoms with van der Waals surface area (Å²) in [6.45, 7) is 6.80. The fourth-order valence-electron chi connectivity index (χ4n) is 3.42. The normalized spacial score (nSPS) is 44.0.